The quantitative estimate of drug-likeness (QED) is 0.156. The second kappa shape index (κ2) is 12.6. The van der Waals surface area contributed by atoms with E-state index in [1.165, 1.54) is 6.20 Å². The molecule has 0 bridgehead atoms. The van der Waals surface area contributed by atoms with E-state index in [2.05, 4.69) is 33.8 Å². The van der Waals surface area contributed by atoms with Gasteiger partial charge in [0.25, 0.3) is 0 Å². The smallest absolute Gasteiger partial charge is 0.319 e. The molecule has 13 heteroatoms. The van der Waals surface area contributed by atoms with Gasteiger partial charge in [-0.2, -0.15) is 5.10 Å². The first kappa shape index (κ1) is 29.7. The molecule has 0 aliphatic carbocycles. The number of rotatable bonds is 12. The van der Waals surface area contributed by atoms with Gasteiger partial charge in [-0.05, 0) is 25.1 Å². The third-order valence-electron chi connectivity index (χ3n) is 7.03. The summed E-state index contributed by atoms with van der Waals surface area (Å²) >= 11 is 0. The number of ether oxygens (including phenoxy) is 3. The van der Waals surface area contributed by atoms with Crippen LogP contribution in [0, 0.1) is 17.0 Å². The maximum atomic E-state index is 15.2. The lowest BCUT2D eigenvalue weighted by Gasteiger charge is -2.37. The second-order valence-electron chi connectivity index (χ2n) is 11.0. The van der Waals surface area contributed by atoms with Gasteiger partial charge in [0.05, 0.1) is 24.3 Å². The lowest BCUT2D eigenvalue weighted by atomic mass is 9.89. The molecule has 1 saturated heterocycles. The van der Waals surface area contributed by atoms with Gasteiger partial charge in [0.2, 0.25) is 0 Å². The summed E-state index contributed by atoms with van der Waals surface area (Å²) in [4.78, 5) is 16.9. The fourth-order valence-corrected chi connectivity index (χ4v) is 5.23. The van der Waals surface area contributed by atoms with E-state index >= 15 is 8.78 Å². The zero-order chi connectivity index (χ0) is 29.9. The monoisotopic (exact) mass is 597 g/mol. The number of aromatic nitrogens is 4. The molecule has 0 atom stereocenters. The minimum atomic E-state index is -0.964. The highest BCUT2D eigenvalue weighted by Gasteiger charge is 2.33. The van der Waals surface area contributed by atoms with E-state index in [4.69, 9.17) is 14.2 Å². The fourth-order valence-electron chi connectivity index (χ4n) is 4.68. The predicted molar refractivity (Wildman–Crippen MR) is 157 cm³/mol. The molecule has 1 fully saturated rings. The highest BCUT2D eigenvalue weighted by molar-refractivity contribution is 6.55. The Bertz CT molecular complexity index is 1550. The number of carbonyl (C=O) groups is 1. The Balaban J connectivity index is 1.42. The van der Waals surface area contributed by atoms with Gasteiger partial charge in [-0.1, -0.05) is 20.0 Å². The van der Waals surface area contributed by atoms with Crippen LogP contribution in [0.1, 0.15) is 13.8 Å². The summed E-state index contributed by atoms with van der Waals surface area (Å²) in [5.74, 6) is -2.30. The lowest BCUT2D eigenvalue weighted by Crippen LogP contribution is -2.49. The van der Waals surface area contributed by atoms with E-state index < -0.39 is 32.2 Å². The molecular weight excluding hydrogens is 562 g/mol. The van der Waals surface area contributed by atoms with Crippen LogP contribution in [0.4, 0.5) is 19.3 Å². The molecular formula is C29H35F2N6O4Si. The first-order valence-electron chi connectivity index (χ1n) is 13.8. The van der Waals surface area contributed by atoms with Crippen molar-refractivity contribution >= 4 is 31.5 Å². The summed E-state index contributed by atoms with van der Waals surface area (Å²) in [7, 11) is -0.419. The van der Waals surface area contributed by atoms with E-state index in [0.29, 0.717) is 43.9 Å². The van der Waals surface area contributed by atoms with Crippen LogP contribution in [0.2, 0.25) is 19.1 Å². The van der Waals surface area contributed by atoms with Crippen molar-refractivity contribution in [3.05, 3.63) is 54.5 Å². The van der Waals surface area contributed by atoms with Gasteiger partial charge in [0.15, 0.2) is 17.4 Å². The number of carbonyl (C=O) groups excluding carboxylic acids is 1. The zero-order valence-electron chi connectivity index (χ0n) is 24.2. The number of fused-ring (bicyclic) bond motifs is 1. The number of nitrogens with one attached hydrogen (secondary N) is 2. The molecule has 0 unspecified atom stereocenters. The Morgan fingerprint density at radius 2 is 1.95 bits per heavy atom. The van der Waals surface area contributed by atoms with Crippen molar-refractivity contribution in [1.82, 2.24) is 24.6 Å². The topological polar surface area (TPSA) is 104 Å². The molecule has 42 heavy (non-hydrogen) atoms. The molecule has 1 aliphatic rings. The van der Waals surface area contributed by atoms with E-state index in [1.54, 1.807) is 12.3 Å². The van der Waals surface area contributed by atoms with Crippen LogP contribution in [-0.2, 0) is 22.7 Å². The number of nitrogens with zero attached hydrogens (tertiary/aromatic N) is 4. The van der Waals surface area contributed by atoms with Crippen molar-refractivity contribution < 1.29 is 27.8 Å². The minimum Gasteiger partial charge on any atom is -0.450 e. The average molecular weight is 598 g/mol. The summed E-state index contributed by atoms with van der Waals surface area (Å²) in [5, 5.41) is 10.1. The van der Waals surface area contributed by atoms with Crippen LogP contribution < -0.4 is 15.4 Å². The van der Waals surface area contributed by atoms with Crippen molar-refractivity contribution in [3.8, 4) is 22.8 Å². The number of pyridine rings is 1. The van der Waals surface area contributed by atoms with Crippen LogP contribution in [0.3, 0.4) is 0 Å². The zero-order valence-corrected chi connectivity index (χ0v) is 25.2. The average Bonchev–Trinajstić information content (AvgIpc) is 3.55. The maximum absolute atomic E-state index is 15.2. The van der Waals surface area contributed by atoms with E-state index in [-0.39, 0.29) is 23.6 Å². The molecule has 0 saturated carbocycles. The largest absolute Gasteiger partial charge is 0.450 e. The lowest BCUT2D eigenvalue weighted by molar-refractivity contribution is -0.0974. The fraction of sp³-hybridized carbons (Fsp3) is 0.414. The summed E-state index contributed by atoms with van der Waals surface area (Å²) < 4.78 is 51.2. The Hall–Kier alpha value is -3.81. The molecule has 1 aliphatic heterocycles. The number of urea groups is 1. The molecule has 0 spiro atoms. The summed E-state index contributed by atoms with van der Waals surface area (Å²) in [6, 6.07) is 5.92. The first-order chi connectivity index (χ1) is 20.2. The van der Waals surface area contributed by atoms with Gasteiger partial charge in [-0.15, -0.1) is 0 Å². The van der Waals surface area contributed by atoms with Crippen LogP contribution in [0.5, 0.6) is 11.5 Å². The Kier molecular flexibility index (Phi) is 8.90. The molecule has 223 valence electrons. The highest BCUT2D eigenvalue weighted by Crippen LogP contribution is 2.39. The van der Waals surface area contributed by atoms with Gasteiger partial charge >= 0.3 is 6.03 Å². The number of hydrogen-bond acceptors (Lipinski definition) is 6. The van der Waals surface area contributed by atoms with Gasteiger partial charge in [-0.25, -0.2) is 18.6 Å². The van der Waals surface area contributed by atoms with Gasteiger partial charge in [0, 0.05) is 75.9 Å². The number of benzene rings is 1. The van der Waals surface area contributed by atoms with E-state index in [1.807, 2.05) is 35.4 Å². The van der Waals surface area contributed by atoms with Crippen LogP contribution in [0.25, 0.3) is 22.3 Å². The van der Waals surface area contributed by atoms with E-state index in [0.717, 1.165) is 29.4 Å². The molecule has 1 aromatic carbocycles. The number of anilines is 1. The van der Waals surface area contributed by atoms with Crippen LogP contribution in [-0.4, -0.2) is 60.5 Å². The Morgan fingerprint density at radius 3 is 2.62 bits per heavy atom. The number of aryl methyl sites for hydroxylation is 1. The second-order valence-corrected chi connectivity index (χ2v) is 13.9. The molecule has 2 N–H and O–H groups in total. The van der Waals surface area contributed by atoms with Crippen molar-refractivity contribution in [2.24, 2.45) is 5.41 Å². The predicted octanol–water partition coefficient (Wildman–Crippen LogP) is 5.88. The molecule has 3 aromatic heterocycles. The van der Waals surface area contributed by atoms with Crippen LogP contribution in [0.15, 0.2) is 42.9 Å². The summed E-state index contributed by atoms with van der Waals surface area (Å²) in [6.45, 7) is 11.4. The third-order valence-corrected chi connectivity index (χ3v) is 8.24. The number of halogens is 2. The first-order valence-corrected chi connectivity index (χ1v) is 16.5. The normalized spacial score (nSPS) is 14.3. The van der Waals surface area contributed by atoms with E-state index in [9.17, 15) is 4.79 Å². The molecule has 2 amide bonds. The van der Waals surface area contributed by atoms with Gasteiger partial charge in [0.1, 0.15) is 18.1 Å². The molecule has 4 aromatic rings. The standard InChI is InChI=1S/C29H35F2N6O4Si/c1-5-37-23(6-9-34-37)20-14-36(18-39-10-11-42(3)4)27-25(20)24(7-8-32-27)41-26-21(30)12-19(13-22(26)31)35-28(38)33-15-29(2)16-40-17-29/h6-9,12-14H,5,10-11,15-18H2,1-4H3,(H2,33,35,38). The van der Waals surface area contributed by atoms with Crippen molar-refractivity contribution in [2.45, 2.75) is 46.3 Å². The number of amides is 2. The highest BCUT2D eigenvalue weighted by atomic mass is 28.3. The van der Waals surface area contributed by atoms with Crippen molar-refractivity contribution in [3.63, 3.8) is 0 Å². The van der Waals surface area contributed by atoms with Gasteiger partial charge in [-0.3, -0.25) is 4.68 Å². The maximum Gasteiger partial charge on any atom is 0.319 e. The molecule has 10 nitrogen and oxygen atoms in total. The summed E-state index contributed by atoms with van der Waals surface area (Å²) in [5.41, 5.74) is 1.92. The molecule has 5 rings (SSSR count). The Labute approximate surface area is 244 Å². The third kappa shape index (κ3) is 6.47. The molecule has 4 heterocycles. The molecule has 1 radical (unpaired) electrons. The SMILES string of the molecule is CCn1nccc1-c1cn(COCC[Si](C)C)c2nccc(Oc3c(F)cc(NC(=O)NCC4(C)COC4)cc3F)c12. The van der Waals surface area contributed by atoms with Crippen molar-refractivity contribution in [1.29, 1.82) is 0 Å². The minimum absolute atomic E-state index is 0.0378. The number of hydrogen-bond donors (Lipinski definition) is 2. The van der Waals surface area contributed by atoms with Crippen molar-refractivity contribution in [2.75, 3.05) is 31.7 Å². The van der Waals surface area contributed by atoms with Gasteiger partial charge < -0.3 is 29.4 Å². The summed E-state index contributed by atoms with van der Waals surface area (Å²) in [6.07, 6.45) is 5.12. The Morgan fingerprint density at radius 1 is 1.19 bits per heavy atom. The van der Waals surface area contributed by atoms with Crippen LogP contribution >= 0.6 is 0 Å².